The Morgan fingerprint density at radius 2 is 1.65 bits per heavy atom. The van der Waals surface area contributed by atoms with Crippen molar-refractivity contribution in [3.8, 4) is 0 Å². The van der Waals surface area contributed by atoms with Crippen molar-refractivity contribution in [1.82, 2.24) is 10.2 Å². The quantitative estimate of drug-likeness (QED) is 0.544. The number of nitrogens with one attached hydrogen (secondary N) is 2. The van der Waals surface area contributed by atoms with Crippen molar-refractivity contribution in [2.75, 3.05) is 32.1 Å². The molecule has 2 aromatic carbocycles. The van der Waals surface area contributed by atoms with Crippen LogP contribution in [0.5, 0.6) is 0 Å². The van der Waals surface area contributed by atoms with Crippen molar-refractivity contribution in [3.05, 3.63) is 65.2 Å². The van der Waals surface area contributed by atoms with Crippen LogP contribution in [0.15, 0.2) is 54.6 Å². The van der Waals surface area contributed by atoms with E-state index in [-0.39, 0.29) is 31.8 Å². The standard InChI is InChI=1S/C22H24ClN3O5/c1-26(14-20(28)25-18-10-6-5-9-17(18)23)21(29)15-31-22(30)11-12-24-19(27)13-16-7-3-2-4-8-16/h2-10H,11-15H2,1H3,(H,24,27)(H,25,28). The number of anilines is 1. The largest absolute Gasteiger partial charge is 0.456 e. The number of likely N-dealkylation sites (N-methyl/N-ethyl adjacent to an activating group) is 1. The van der Waals surface area contributed by atoms with Crippen LogP contribution in [0.4, 0.5) is 5.69 Å². The topological polar surface area (TPSA) is 105 Å². The van der Waals surface area contributed by atoms with Crippen LogP contribution in [0.25, 0.3) is 0 Å². The average Bonchev–Trinajstić information content (AvgIpc) is 2.74. The van der Waals surface area contributed by atoms with E-state index in [1.165, 1.54) is 7.05 Å². The Hall–Kier alpha value is -3.39. The molecule has 0 aliphatic rings. The summed E-state index contributed by atoms with van der Waals surface area (Å²) in [5.41, 5.74) is 1.31. The first-order valence-corrected chi connectivity index (χ1v) is 9.97. The molecule has 0 saturated heterocycles. The van der Waals surface area contributed by atoms with Gasteiger partial charge in [-0.3, -0.25) is 19.2 Å². The van der Waals surface area contributed by atoms with Gasteiger partial charge in [0.15, 0.2) is 6.61 Å². The van der Waals surface area contributed by atoms with Gasteiger partial charge in [-0.25, -0.2) is 0 Å². The van der Waals surface area contributed by atoms with Gasteiger partial charge in [-0.15, -0.1) is 0 Å². The summed E-state index contributed by atoms with van der Waals surface area (Å²) in [6, 6.07) is 16.0. The second kappa shape index (κ2) is 12.3. The van der Waals surface area contributed by atoms with Gasteiger partial charge in [0.05, 0.1) is 30.1 Å². The number of hydrogen-bond acceptors (Lipinski definition) is 5. The fourth-order valence-corrected chi connectivity index (χ4v) is 2.71. The van der Waals surface area contributed by atoms with Crippen molar-refractivity contribution >= 4 is 41.0 Å². The second-order valence-electron chi connectivity index (χ2n) is 6.70. The minimum atomic E-state index is -0.623. The number of carbonyl (C=O) groups excluding carboxylic acids is 4. The van der Waals surface area contributed by atoms with Crippen LogP contribution in [0.3, 0.4) is 0 Å². The molecular formula is C22H24ClN3O5. The van der Waals surface area contributed by atoms with Gasteiger partial charge in [0, 0.05) is 13.6 Å². The molecule has 0 atom stereocenters. The Balaban J connectivity index is 1.63. The van der Waals surface area contributed by atoms with Crippen molar-refractivity contribution < 1.29 is 23.9 Å². The molecule has 0 spiro atoms. The summed E-state index contributed by atoms with van der Waals surface area (Å²) >= 11 is 5.97. The lowest BCUT2D eigenvalue weighted by molar-refractivity contribution is -0.151. The number of amides is 3. The molecule has 0 aromatic heterocycles. The highest BCUT2D eigenvalue weighted by Crippen LogP contribution is 2.20. The summed E-state index contributed by atoms with van der Waals surface area (Å²) < 4.78 is 4.91. The predicted octanol–water partition coefficient (Wildman–Crippen LogP) is 2.03. The number of esters is 1. The third-order valence-corrected chi connectivity index (χ3v) is 4.50. The van der Waals surface area contributed by atoms with E-state index in [1.807, 2.05) is 30.3 Å². The Kier molecular flexibility index (Phi) is 9.51. The van der Waals surface area contributed by atoms with Crippen LogP contribution in [0.2, 0.25) is 5.02 Å². The molecule has 2 rings (SSSR count). The van der Waals surface area contributed by atoms with Gasteiger partial charge < -0.3 is 20.3 Å². The Morgan fingerprint density at radius 1 is 0.968 bits per heavy atom. The highest BCUT2D eigenvalue weighted by molar-refractivity contribution is 6.33. The molecule has 0 heterocycles. The lowest BCUT2D eigenvalue weighted by atomic mass is 10.1. The van der Waals surface area contributed by atoms with Gasteiger partial charge in [-0.2, -0.15) is 0 Å². The zero-order valence-electron chi connectivity index (χ0n) is 17.1. The first-order chi connectivity index (χ1) is 14.8. The minimum absolute atomic E-state index is 0.0650. The molecule has 0 aliphatic heterocycles. The molecule has 0 radical (unpaired) electrons. The van der Waals surface area contributed by atoms with Gasteiger partial charge in [0.1, 0.15) is 0 Å². The first-order valence-electron chi connectivity index (χ1n) is 9.59. The van der Waals surface area contributed by atoms with Crippen molar-refractivity contribution in [2.45, 2.75) is 12.8 Å². The van der Waals surface area contributed by atoms with Crippen LogP contribution >= 0.6 is 11.6 Å². The Morgan fingerprint density at radius 3 is 2.35 bits per heavy atom. The lowest BCUT2D eigenvalue weighted by Gasteiger charge is -2.17. The Bertz CT molecular complexity index is 920. The van der Waals surface area contributed by atoms with Crippen molar-refractivity contribution in [2.24, 2.45) is 0 Å². The van der Waals surface area contributed by atoms with Crippen molar-refractivity contribution in [1.29, 1.82) is 0 Å². The fourth-order valence-electron chi connectivity index (χ4n) is 2.53. The molecular weight excluding hydrogens is 422 g/mol. The molecule has 0 unspecified atom stereocenters. The number of halogens is 1. The molecule has 0 aliphatic carbocycles. The molecule has 0 bridgehead atoms. The number of hydrogen-bond donors (Lipinski definition) is 2. The maximum Gasteiger partial charge on any atom is 0.308 e. The molecule has 0 saturated carbocycles. The second-order valence-corrected chi connectivity index (χ2v) is 7.11. The van der Waals surface area contributed by atoms with E-state index >= 15 is 0 Å². The molecule has 164 valence electrons. The number of benzene rings is 2. The predicted molar refractivity (Wildman–Crippen MR) is 116 cm³/mol. The molecule has 31 heavy (non-hydrogen) atoms. The lowest BCUT2D eigenvalue weighted by Crippen LogP contribution is -2.37. The normalized spacial score (nSPS) is 10.1. The van der Waals surface area contributed by atoms with Crippen LogP contribution in [-0.4, -0.2) is 55.3 Å². The maximum absolute atomic E-state index is 12.1. The number of rotatable bonds is 10. The van der Waals surface area contributed by atoms with Gasteiger partial charge in [-0.1, -0.05) is 54.1 Å². The van der Waals surface area contributed by atoms with Gasteiger partial charge in [-0.05, 0) is 17.7 Å². The van der Waals surface area contributed by atoms with Gasteiger partial charge in [0.2, 0.25) is 11.8 Å². The molecule has 9 heteroatoms. The SMILES string of the molecule is CN(CC(=O)Nc1ccccc1Cl)C(=O)COC(=O)CCNC(=O)Cc1ccccc1. The fraction of sp³-hybridized carbons (Fsp3) is 0.273. The monoisotopic (exact) mass is 445 g/mol. The van der Waals surface area contributed by atoms with Gasteiger partial charge >= 0.3 is 5.97 Å². The Labute approximate surface area is 185 Å². The summed E-state index contributed by atoms with van der Waals surface area (Å²) in [6.45, 7) is -0.613. The van der Waals surface area contributed by atoms with E-state index in [0.29, 0.717) is 10.7 Å². The van der Waals surface area contributed by atoms with Crippen molar-refractivity contribution in [3.63, 3.8) is 0 Å². The minimum Gasteiger partial charge on any atom is -0.456 e. The van der Waals surface area contributed by atoms with E-state index < -0.39 is 24.4 Å². The van der Waals surface area contributed by atoms with Crippen LogP contribution in [-0.2, 0) is 30.3 Å². The summed E-state index contributed by atoms with van der Waals surface area (Å²) in [5, 5.41) is 5.62. The number of nitrogens with zero attached hydrogens (tertiary/aromatic N) is 1. The third-order valence-electron chi connectivity index (χ3n) is 4.17. The van der Waals surface area contributed by atoms with Crippen LogP contribution < -0.4 is 10.6 Å². The summed E-state index contributed by atoms with van der Waals surface area (Å²) in [6.07, 6.45) is 0.153. The van der Waals surface area contributed by atoms with Gasteiger partial charge in [0.25, 0.3) is 5.91 Å². The van der Waals surface area contributed by atoms with Crippen LogP contribution in [0.1, 0.15) is 12.0 Å². The molecule has 3 amide bonds. The molecule has 8 nitrogen and oxygen atoms in total. The van der Waals surface area contributed by atoms with E-state index in [2.05, 4.69) is 10.6 Å². The number of para-hydroxylation sites is 1. The zero-order chi connectivity index (χ0) is 22.6. The number of ether oxygens (including phenoxy) is 1. The van der Waals surface area contributed by atoms with E-state index in [4.69, 9.17) is 16.3 Å². The van der Waals surface area contributed by atoms with E-state index in [9.17, 15) is 19.2 Å². The summed E-state index contributed by atoms with van der Waals surface area (Å²) in [5.74, 6) is -1.80. The highest BCUT2D eigenvalue weighted by Gasteiger charge is 2.16. The smallest absolute Gasteiger partial charge is 0.308 e. The highest BCUT2D eigenvalue weighted by atomic mass is 35.5. The maximum atomic E-state index is 12.1. The van der Waals surface area contributed by atoms with Crippen LogP contribution in [0, 0.1) is 0 Å². The van der Waals surface area contributed by atoms with E-state index in [1.54, 1.807) is 24.3 Å². The molecule has 0 fully saturated rings. The molecule has 2 N–H and O–H groups in total. The van der Waals surface area contributed by atoms with E-state index in [0.717, 1.165) is 10.5 Å². The zero-order valence-corrected chi connectivity index (χ0v) is 17.9. The first kappa shape index (κ1) is 23.9. The summed E-state index contributed by atoms with van der Waals surface area (Å²) in [4.78, 5) is 48.8. The number of carbonyl (C=O) groups is 4. The third kappa shape index (κ3) is 8.88. The summed E-state index contributed by atoms with van der Waals surface area (Å²) in [7, 11) is 1.42. The average molecular weight is 446 g/mol. The molecule has 2 aromatic rings.